The Morgan fingerprint density at radius 3 is 2.25 bits per heavy atom. The minimum atomic E-state index is -0.855. The van der Waals surface area contributed by atoms with E-state index in [-0.39, 0.29) is 5.56 Å². The molecule has 0 unspecified atom stereocenters. The van der Waals surface area contributed by atoms with Crippen molar-refractivity contribution in [2.24, 2.45) is 0 Å². The Morgan fingerprint density at radius 1 is 1.33 bits per heavy atom. The summed E-state index contributed by atoms with van der Waals surface area (Å²) in [5.41, 5.74) is -0.215. The summed E-state index contributed by atoms with van der Waals surface area (Å²) in [7, 11) is 0. The minimum Gasteiger partial charge on any atom is -0.290 e. The summed E-state index contributed by atoms with van der Waals surface area (Å²) in [6, 6.07) is 3.49. The van der Waals surface area contributed by atoms with Crippen molar-refractivity contribution in [3.8, 4) is 0 Å². The molecule has 0 spiro atoms. The summed E-state index contributed by atoms with van der Waals surface area (Å²) in [6.07, 6.45) is 1.53. The zero-order valence-electron chi connectivity index (χ0n) is 6.47. The molecule has 0 bridgehead atoms. The Balaban J connectivity index is 3.20. The van der Waals surface area contributed by atoms with E-state index in [9.17, 15) is 13.6 Å². The smallest absolute Gasteiger partial charge is 0.206 e. The highest BCUT2D eigenvalue weighted by Crippen LogP contribution is 2.20. The molecule has 0 aliphatic heterocycles. The third-order valence-electron chi connectivity index (χ3n) is 1.61. The number of benzene rings is 1. The van der Waals surface area contributed by atoms with E-state index in [0.717, 1.165) is 12.1 Å². The van der Waals surface area contributed by atoms with Gasteiger partial charge < -0.3 is 0 Å². The van der Waals surface area contributed by atoms with Crippen LogP contribution in [0.15, 0.2) is 18.2 Å². The van der Waals surface area contributed by atoms with E-state index in [1.165, 1.54) is 19.3 Å². The minimum absolute atomic E-state index is 0.215. The van der Waals surface area contributed by atoms with Gasteiger partial charge in [0.1, 0.15) is 11.6 Å². The maximum Gasteiger partial charge on any atom is 0.206 e. The van der Waals surface area contributed by atoms with E-state index >= 15 is 0 Å². The highest BCUT2D eigenvalue weighted by atomic mass is 19.1. The Bertz CT molecular complexity index is 276. The monoisotopic (exact) mass is 169 g/mol. The summed E-state index contributed by atoms with van der Waals surface area (Å²) in [5, 5.41) is 0. The van der Waals surface area contributed by atoms with Crippen molar-refractivity contribution in [2.75, 3.05) is 0 Å². The average molecular weight is 169 g/mol. The summed E-state index contributed by atoms with van der Waals surface area (Å²) in [5.74, 6) is -2.26. The third-order valence-corrected chi connectivity index (χ3v) is 1.61. The van der Waals surface area contributed by atoms with Crippen molar-refractivity contribution < 1.29 is 13.6 Å². The zero-order valence-corrected chi connectivity index (χ0v) is 6.47. The van der Waals surface area contributed by atoms with Gasteiger partial charge in [0, 0.05) is 5.56 Å². The maximum absolute atomic E-state index is 12.9. The first-order valence-corrected chi connectivity index (χ1v) is 3.48. The van der Waals surface area contributed by atoms with Gasteiger partial charge in [-0.15, -0.1) is 0 Å². The summed E-state index contributed by atoms with van der Waals surface area (Å²) >= 11 is 0. The first-order valence-electron chi connectivity index (χ1n) is 3.48. The second kappa shape index (κ2) is 3.43. The van der Waals surface area contributed by atoms with Crippen LogP contribution in [0, 0.1) is 11.6 Å². The van der Waals surface area contributed by atoms with Crippen LogP contribution in [0.1, 0.15) is 18.4 Å². The average Bonchev–Trinajstić information content (AvgIpc) is 2.03. The van der Waals surface area contributed by atoms with Crippen molar-refractivity contribution >= 4 is 6.29 Å². The van der Waals surface area contributed by atoms with Crippen LogP contribution in [-0.4, -0.2) is 6.29 Å². The lowest BCUT2D eigenvalue weighted by atomic mass is 10.0. The molecule has 0 heterocycles. The molecular weight excluding hydrogens is 162 g/mol. The number of hydrogen-bond acceptors (Lipinski definition) is 1. The van der Waals surface area contributed by atoms with Crippen LogP contribution in [-0.2, 0) is 4.79 Å². The van der Waals surface area contributed by atoms with Gasteiger partial charge in [0.05, 0.1) is 5.92 Å². The molecule has 0 amide bonds. The van der Waals surface area contributed by atoms with Gasteiger partial charge in [-0.2, -0.15) is 0 Å². The Labute approximate surface area is 69.0 Å². The fourth-order valence-corrected chi connectivity index (χ4v) is 0.983. The highest BCUT2D eigenvalue weighted by Gasteiger charge is 2.15. The van der Waals surface area contributed by atoms with Crippen molar-refractivity contribution in [2.45, 2.75) is 12.8 Å². The lowest BCUT2D eigenvalue weighted by Crippen LogP contribution is -2.01. The standard InChI is InChI=1S/C9H7F2O/c1-6(5-12)9-7(10)3-2-4-8(9)11/h2-4,6H,1H3/t6-/m0/s1. The van der Waals surface area contributed by atoms with Crippen molar-refractivity contribution in [1.82, 2.24) is 0 Å². The first-order chi connectivity index (χ1) is 5.66. The van der Waals surface area contributed by atoms with E-state index in [0.29, 0.717) is 0 Å². The largest absolute Gasteiger partial charge is 0.290 e. The highest BCUT2D eigenvalue weighted by molar-refractivity contribution is 5.62. The Morgan fingerprint density at radius 2 is 1.83 bits per heavy atom. The van der Waals surface area contributed by atoms with E-state index in [2.05, 4.69) is 0 Å². The lowest BCUT2D eigenvalue weighted by Gasteiger charge is -2.05. The molecule has 0 saturated heterocycles. The van der Waals surface area contributed by atoms with E-state index in [1.807, 2.05) is 0 Å². The Kier molecular flexibility index (Phi) is 2.53. The van der Waals surface area contributed by atoms with Gasteiger partial charge in [-0.3, -0.25) is 4.79 Å². The molecular formula is C9H7F2O. The SMILES string of the molecule is C[C@@H]([C]=O)c1c(F)cccc1F. The summed E-state index contributed by atoms with van der Waals surface area (Å²) in [4.78, 5) is 10.2. The molecule has 0 aliphatic rings. The Hall–Kier alpha value is -1.25. The summed E-state index contributed by atoms with van der Waals surface area (Å²) in [6.45, 7) is 1.40. The van der Waals surface area contributed by atoms with Gasteiger partial charge >= 0.3 is 0 Å². The number of hydrogen-bond donors (Lipinski definition) is 0. The topological polar surface area (TPSA) is 17.1 Å². The summed E-state index contributed by atoms with van der Waals surface area (Å²) < 4.78 is 25.7. The molecule has 1 nitrogen and oxygen atoms in total. The lowest BCUT2D eigenvalue weighted by molar-refractivity contribution is 0.524. The van der Waals surface area contributed by atoms with Gasteiger partial charge in [0.2, 0.25) is 6.29 Å². The predicted molar refractivity (Wildman–Crippen MR) is 40.5 cm³/mol. The van der Waals surface area contributed by atoms with Crippen LogP contribution in [0.25, 0.3) is 0 Å². The number of rotatable bonds is 2. The second-order valence-electron chi connectivity index (χ2n) is 2.47. The van der Waals surface area contributed by atoms with Gasteiger partial charge in [0.25, 0.3) is 0 Å². The van der Waals surface area contributed by atoms with Gasteiger partial charge in [-0.25, -0.2) is 8.78 Å². The zero-order chi connectivity index (χ0) is 9.14. The molecule has 1 radical (unpaired) electrons. The van der Waals surface area contributed by atoms with Crippen molar-refractivity contribution in [1.29, 1.82) is 0 Å². The van der Waals surface area contributed by atoms with Crippen molar-refractivity contribution in [3.63, 3.8) is 0 Å². The third kappa shape index (κ3) is 1.49. The van der Waals surface area contributed by atoms with Gasteiger partial charge in [-0.1, -0.05) is 13.0 Å². The molecule has 63 valence electrons. The van der Waals surface area contributed by atoms with Crippen LogP contribution >= 0.6 is 0 Å². The van der Waals surface area contributed by atoms with Gasteiger partial charge in [0.15, 0.2) is 0 Å². The molecule has 12 heavy (non-hydrogen) atoms. The van der Waals surface area contributed by atoms with Crippen molar-refractivity contribution in [3.05, 3.63) is 35.4 Å². The van der Waals surface area contributed by atoms with Crippen LogP contribution < -0.4 is 0 Å². The molecule has 1 aromatic rings. The molecule has 1 aromatic carbocycles. The quantitative estimate of drug-likeness (QED) is 0.663. The molecule has 1 rings (SSSR count). The second-order valence-corrected chi connectivity index (χ2v) is 2.47. The fourth-order valence-electron chi connectivity index (χ4n) is 0.983. The van der Waals surface area contributed by atoms with Crippen LogP contribution in [0.5, 0.6) is 0 Å². The van der Waals surface area contributed by atoms with E-state index in [1.54, 1.807) is 0 Å². The molecule has 3 heteroatoms. The first kappa shape index (κ1) is 8.84. The molecule has 0 fully saturated rings. The molecule has 1 atom stereocenters. The normalized spacial score (nSPS) is 12.6. The number of halogens is 2. The molecule has 0 aliphatic carbocycles. The van der Waals surface area contributed by atoms with Crippen LogP contribution in [0.2, 0.25) is 0 Å². The fraction of sp³-hybridized carbons (Fsp3) is 0.222. The number of carbonyl (C=O) groups excluding carboxylic acids is 1. The van der Waals surface area contributed by atoms with Gasteiger partial charge in [-0.05, 0) is 12.1 Å². The van der Waals surface area contributed by atoms with Crippen LogP contribution in [0.4, 0.5) is 8.78 Å². The van der Waals surface area contributed by atoms with E-state index in [4.69, 9.17) is 0 Å². The van der Waals surface area contributed by atoms with Crippen LogP contribution in [0.3, 0.4) is 0 Å². The molecule has 0 N–H and O–H groups in total. The molecule has 0 aromatic heterocycles. The molecule has 0 saturated carbocycles. The van der Waals surface area contributed by atoms with E-state index < -0.39 is 17.6 Å². The predicted octanol–water partition coefficient (Wildman–Crippen LogP) is 2.18. The maximum atomic E-state index is 12.9.